The summed E-state index contributed by atoms with van der Waals surface area (Å²) in [4.78, 5) is 27.4. The summed E-state index contributed by atoms with van der Waals surface area (Å²) < 4.78 is 13.3. The first kappa shape index (κ1) is 21.9. The van der Waals surface area contributed by atoms with Gasteiger partial charge >= 0.3 is 0 Å². The van der Waals surface area contributed by atoms with Crippen LogP contribution in [0, 0.1) is 19.7 Å². The molecule has 4 rings (SSSR count). The molecule has 2 aromatic carbocycles. The maximum Gasteiger partial charge on any atom is 0.234 e. The Morgan fingerprint density at radius 1 is 1.06 bits per heavy atom. The number of nitrogens with one attached hydrogen (secondary N) is 3. The number of aromatic nitrogens is 5. The number of rotatable bonds is 7. The van der Waals surface area contributed by atoms with Crippen molar-refractivity contribution in [2.24, 2.45) is 0 Å². The van der Waals surface area contributed by atoms with Gasteiger partial charge in [-0.1, -0.05) is 18.2 Å². The van der Waals surface area contributed by atoms with E-state index >= 15 is 0 Å². The highest BCUT2D eigenvalue weighted by molar-refractivity contribution is 5.92. The summed E-state index contributed by atoms with van der Waals surface area (Å²) in [7, 11) is 1.89. The molecule has 9 nitrogen and oxygen atoms in total. The Morgan fingerprint density at radius 3 is 2.67 bits per heavy atom. The van der Waals surface area contributed by atoms with E-state index in [4.69, 9.17) is 0 Å². The van der Waals surface area contributed by atoms with Gasteiger partial charge in [0.05, 0.1) is 6.42 Å². The Balaban J connectivity index is 1.44. The summed E-state index contributed by atoms with van der Waals surface area (Å²) in [5, 5.41) is 12.7. The molecule has 0 saturated carbocycles. The van der Waals surface area contributed by atoms with Crippen LogP contribution in [0.2, 0.25) is 0 Å². The minimum absolute atomic E-state index is 0.0444. The van der Waals surface area contributed by atoms with Crippen LogP contribution in [0.4, 0.5) is 33.5 Å². The number of aromatic amines is 1. The average Bonchev–Trinajstić information content (AvgIpc) is 3.19. The van der Waals surface area contributed by atoms with Crippen molar-refractivity contribution in [3.05, 3.63) is 77.5 Å². The van der Waals surface area contributed by atoms with E-state index in [1.54, 1.807) is 19.1 Å². The van der Waals surface area contributed by atoms with Crippen molar-refractivity contribution in [1.82, 2.24) is 25.1 Å². The second-order valence-electron chi connectivity index (χ2n) is 7.54. The molecule has 4 aromatic rings. The number of nitrogens with zero attached hydrogens (tertiary/aromatic N) is 5. The zero-order valence-corrected chi connectivity index (χ0v) is 18.4. The van der Waals surface area contributed by atoms with Crippen molar-refractivity contribution >= 4 is 35.0 Å². The number of carbonyl (C=O) groups is 1. The predicted octanol–water partition coefficient (Wildman–Crippen LogP) is 4.04. The number of H-pyrrole nitrogens is 1. The van der Waals surface area contributed by atoms with E-state index in [9.17, 15) is 9.18 Å². The highest BCUT2D eigenvalue weighted by Crippen LogP contribution is 2.22. The Morgan fingerprint density at radius 2 is 1.88 bits per heavy atom. The minimum Gasteiger partial charge on any atom is -0.326 e. The molecule has 0 fully saturated rings. The molecule has 0 saturated heterocycles. The van der Waals surface area contributed by atoms with Gasteiger partial charge in [0.1, 0.15) is 11.6 Å². The second-order valence-corrected chi connectivity index (χ2v) is 7.54. The maximum absolute atomic E-state index is 13.3. The highest BCUT2D eigenvalue weighted by Gasteiger charge is 2.13. The van der Waals surface area contributed by atoms with Gasteiger partial charge in [0, 0.05) is 30.2 Å². The van der Waals surface area contributed by atoms with Crippen molar-refractivity contribution in [1.29, 1.82) is 0 Å². The first-order chi connectivity index (χ1) is 15.9. The highest BCUT2D eigenvalue weighted by atomic mass is 19.1. The molecule has 2 aromatic heterocycles. The summed E-state index contributed by atoms with van der Waals surface area (Å²) in [6.45, 7) is 3.81. The molecule has 168 valence electrons. The second kappa shape index (κ2) is 9.43. The summed E-state index contributed by atoms with van der Waals surface area (Å²) >= 11 is 0. The molecule has 0 spiro atoms. The van der Waals surface area contributed by atoms with Crippen LogP contribution < -0.4 is 15.5 Å². The summed E-state index contributed by atoms with van der Waals surface area (Å²) in [5.74, 6) is 1.11. The van der Waals surface area contributed by atoms with Crippen LogP contribution in [0.5, 0.6) is 0 Å². The fraction of sp³-hybridized carbons (Fsp3) is 0.174. The predicted molar refractivity (Wildman–Crippen MR) is 124 cm³/mol. The van der Waals surface area contributed by atoms with Crippen molar-refractivity contribution in [2.45, 2.75) is 20.3 Å². The first-order valence-electron chi connectivity index (χ1n) is 10.3. The summed E-state index contributed by atoms with van der Waals surface area (Å²) in [6.07, 6.45) is 0.0444. The van der Waals surface area contributed by atoms with Gasteiger partial charge in [-0.2, -0.15) is 20.1 Å². The lowest BCUT2D eigenvalue weighted by Crippen LogP contribution is -2.15. The molecule has 10 heteroatoms. The van der Waals surface area contributed by atoms with Gasteiger partial charge in [-0.25, -0.2) is 4.39 Å². The molecule has 0 aliphatic rings. The number of hydrogen-bond donors (Lipinski definition) is 3. The molecule has 3 N–H and O–H groups in total. The average molecular weight is 446 g/mol. The molecule has 0 unspecified atom stereocenters. The van der Waals surface area contributed by atoms with Crippen molar-refractivity contribution in [2.75, 3.05) is 22.6 Å². The Labute approximate surface area is 190 Å². The first-order valence-corrected chi connectivity index (χ1v) is 10.3. The normalized spacial score (nSPS) is 10.7. The fourth-order valence-corrected chi connectivity index (χ4v) is 3.20. The topological polar surface area (TPSA) is 112 Å². The van der Waals surface area contributed by atoms with E-state index in [0.29, 0.717) is 34.9 Å². The summed E-state index contributed by atoms with van der Waals surface area (Å²) in [5.41, 5.74) is 3.06. The lowest BCUT2D eigenvalue weighted by Gasteiger charge is -2.18. The molecular formula is C23H23FN8O. The standard InChI is InChI=1S/C23H23FN8O/c1-14-6-4-9-19(10-14)32(3)23-26-15(2)25-22(29-23)28-20-12-18(30-31-20)13-21(33)27-17-8-5-7-16(24)11-17/h4-12H,13H2,1-3H3,(H,27,33)(H2,25,26,28,29,30,31). The quantitative estimate of drug-likeness (QED) is 0.393. The zero-order chi connectivity index (χ0) is 23.4. The monoisotopic (exact) mass is 446 g/mol. The Hall–Kier alpha value is -4.34. The van der Waals surface area contributed by atoms with Gasteiger partial charge in [0.25, 0.3) is 0 Å². The van der Waals surface area contributed by atoms with Gasteiger partial charge in [0.15, 0.2) is 5.82 Å². The third kappa shape index (κ3) is 5.67. The molecule has 1 amide bonds. The van der Waals surface area contributed by atoms with E-state index in [0.717, 1.165) is 11.3 Å². The van der Waals surface area contributed by atoms with Gasteiger partial charge in [-0.15, -0.1) is 0 Å². The van der Waals surface area contributed by atoms with E-state index < -0.39 is 5.82 Å². The van der Waals surface area contributed by atoms with Crippen LogP contribution in [-0.4, -0.2) is 38.1 Å². The lowest BCUT2D eigenvalue weighted by molar-refractivity contribution is -0.115. The van der Waals surface area contributed by atoms with Crippen LogP contribution in [0.3, 0.4) is 0 Å². The maximum atomic E-state index is 13.3. The molecule has 0 aliphatic heterocycles. The largest absolute Gasteiger partial charge is 0.326 e. The zero-order valence-electron chi connectivity index (χ0n) is 18.4. The van der Waals surface area contributed by atoms with Gasteiger partial charge in [-0.3, -0.25) is 9.89 Å². The molecule has 2 heterocycles. The summed E-state index contributed by atoms with van der Waals surface area (Å²) in [6, 6.07) is 15.4. The molecule has 33 heavy (non-hydrogen) atoms. The van der Waals surface area contributed by atoms with E-state index in [-0.39, 0.29) is 12.3 Å². The molecule has 0 radical (unpaired) electrons. The van der Waals surface area contributed by atoms with Crippen LogP contribution in [0.15, 0.2) is 54.6 Å². The Bertz CT molecular complexity index is 1290. The number of anilines is 5. The number of halogens is 1. The van der Waals surface area contributed by atoms with Crippen LogP contribution >= 0.6 is 0 Å². The van der Waals surface area contributed by atoms with Gasteiger partial charge in [-0.05, 0) is 49.7 Å². The fourth-order valence-electron chi connectivity index (χ4n) is 3.20. The molecule has 0 aliphatic carbocycles. The number of hydrogen-bond acceptors (Lipinski definition) is 7. The number of carbonyl (C=O) groups excluding carboxylic acids is 1. The smallest absolute Gasteiger partial charge is 0.234 e. The van der Waals surface area contributed by atoms with Crippen molar-refractivity contribution in [3.8, 4) is 0 Å². The number of amides is 1. The van der Waals surface area contributed by atoms with Gasteiger partial charge in [0.2, 0.25) is 17.8 Å². The molecule has 0 bridgehead atoms. The molecular weight excluding hydrogens is 423 g/mol. The van der Waals surface area contributed by atoms with Crippen LogP contribution in [0.25, 0.3) is 0 Å². The molecule has 0 atom stereocenters. The van der Waals surface area contributed by atoms with E-state index in [1.807, 2.05) is 43.1 Å². The minimum atomic E-state index is -0.416. The van der Waals surface area contributed by atoms with Crippen LogP contribution in [-0.2, 0) is 11.2 Å². The Kier molecular flexibility index (Phi) is 6.25. The third-order valence-corrected chi connectivity index (χ3v) is 4.75. The lowest BCUT2D eigenvalue weighted by atomic mass is 10.2. The SMILES string of the molecule is Cc1cccc(N(C)c2nc(C)nc(Nc3cc(CC(=O)Nc4cccc(F)c4)[nH]n3)n2)c1. The number of benzene rings is 2. The van der Waals surface area contributed by atoms with Crippen molar-refractivity contribution < 1.29 is 9.18 Å². The van der Waals surface area contributed by atoms with E-state index in [2.05, 4.69) is 35.8 Å². The van der Waals surface area contributed by atoms with Crippen LogP contribution in [0.1, 0.15) is 17.1 Å². The van der Waals surface area contributed by atoms with Gasteiger partial charge < -0.3 is 15.5 Å². The van der Waals surface area contributed by atoms with E-state index in [1.165, 1.54) is 18.2 Å². The van der Waals surface area contributed by atoms with Crippen molar-refractivity contribution in [3.63, 3.8) is 0 Å². The third-order valence-electron chi connectivity index (χ3n) is 4.75. The number of aryl methyl sites for hydroxylation is 2.